The summed E-state index contributed by atoms with van der Waals surface area (Å²) in [5.41, 5.74) is 5.26. The quantitative estimate of drug-likeness (QED) is 0.0653. The lowest BCUT2D eigenvalue weighted by atomic mass is 9.86. The second-order valence-electron chi connectivity index (χ2n) is 20.9. The first-order chi connectivity index (χ1) is 35.3. The number of hydrogen-bond acceptors (Lipinski definition) is 17. The predicted octanol–water partition coefficient (Wildman–Crippen LogP) is -1.61. The zero-order chi connectivity index (χ0) is 55.8. The molecule has 3 heterocycles. The Labute approximate surface area is 444 Å². The van der Waals surface area contributed by atoms with Crippen LogP contribution in [0.2, 0.25) is 0 Å². The third-order valence-corrected chi connectivity index (χ3v) is 14.6. The number of fused-ring (bicyclic) bond motifs is 2. The molecule has 3 saturated heterocycles. The van der Waals surface area contributed by atoms with E-state index in [1.807, 2.05) is 0 Å². The van der Waals surface area contributed by atoms with Crippen molar-refractivity contribution in [3.63, 3.8) is 0 Å². The summed E-state index contributed by atoms with van der Waals surface area (Å²) in [6.07, 6.45) is -10.8. The van der Waals surface area contributed by atoms with E-state index in [-0.39, 0.29) is 31.6 Å². The molecule has 0 spiro atoms. The second kappa shape index (κ2) is 30.6. The fraction of sp³-hybridized carbons (Fsp3) is 0.731. The van der Waals surface area contributed by atoms with Gasteiger partial charge >= 0.3 is 0 Å². The molecule has 76 heavy (non-hydrogen) atoms. The van der Waals surface area contributed by atoms with Crippen LogP contribution < -0.4 is 27.0 Å². The Morgan fingerprint density at radius 2 is 1.37 bits per heavy atom. The van der Waals surface area contributed by atoms with Crippen LogP contribution in [0.4, 0.5) is 0 Å². The number of nitrogens with two attached hydrogens (primary N) is 1. The molecule has 4 rings (SSSR count). The first kappa shape index (κ1) is 64.9. The van der Waals surface area contributed by atoms with Crippen LogP contribution in [0.1, 0.15) is 143 Å². The lowest BCUT2D eigenvalue weighted by Crippen LogP contribution is -2.61. The molecule has 24 nitrogen and oxygen atoms in total. The SMILES string of the molecule is C.CCC(C)CC(C)CCCCCCCCC(=O)N[C@H]1C[C@@H](O)[C@@H](O)NC(=O)C2[C@@H](O)CCN2C(=O)C(C(O)CC(N)=O)NC(=O)C(C(O)C(O)c2ccc(O)cc2)CC(=O)C2C[C@@H](O)CN2C(=O)C([C@@H](C)O)NC1=O. The Kier molecular flexibility index (Phi) is 26.1. The van der Waals surface area contributed by atoms with Crippen molar-refractivity contribution >= 4 is 47.1 Å². The number of aliphatic hydroxyl groups is 8. The number of hydrogen-bond donors (Lipinski definition) is 14. The van der Waals surface area contributed by atoms with Gasteiger partial charge in [-0.2, -0.15) is 0 Å². The number of aromatic hydroxyl groups is 1. The number of benzene rings is 1. The van der Waals surface area contributed by atoms with E-state index in [0.717, 1.165) is 62.5 Å². The van der Waals surface area contributed by atoms with Crippen LogP contribution in [-0.4, -0.2) is 189 Å². The Hall–Kier alpha value is -5.34. The van der Waals surface area contributed by atoms with Crippen LogP contribution in [0.5, 0.6) is 5.75 Å². The molecule has 1 aromatic rings. The topological polar surface area (TPSA) is 399 Å². The summed E-state index contributed by atoms with van der Waals surface area (Å²) >= 11 is 0. The van der Waals surface area contributed by atoms with Crippen LogP contribution in [-0.2, 0) is 38.4 Å². The molecule has 3 aliphatic rings. The number of Topliss-reactive ketones (excluding diaryl/α,β-unsaturated/α-hetero) is 1. The molecule has 0 aliphatic carbocycles. The van der Waals surface area contributed by atoms with Gasteiger partial charge < -0.3 is 82.8 Å². The molecule has 0 aromatic heterocycles. The number of primary amides is 1. The van der Waals surface area contributed by atoms with Crippen LogP contribution in [0.15, 0.2) is 24.3 Å². The van der Waals surface area contributed by atoms with Gasteiger partial charge in [0.1, 0.15) is 42.1 Å². The summed E-state index contributed by atoms with van der Waals surface area (Å²) in [7, 11) is 0. The van der Waals surface area contributed by atoms with E-state index in [9.17, 15) is 84.3 Å². The monoisotopic (exact) mass is 1080 g/mol. The third-order valence-electron chi connectivity index (χ3n) is 14.6. The lowest BCUT2D eigenvalue weighted by Gasteiger charge is -2.34. The summed E-state index contributed by atoms with van der Waals surface area (Å²) in [4.78, 5) is 113. The third kappa shape index (κ3) is 18.4. The number of phenols is 1. The number of nitrogens with one attached hydrogen (secondary N) is 4. The van der Waals surface area contributed by atoms with Gasteiger partial charge in [0.2, 0.25) is 41.4 Å². The van der Waals surface area contributed by atoms with Crippen molar-refractivity contribution in [2.24, 2.45) is 23.5 Å². The smallest absolute Gasteiger partial charge is 0.248 e. The number of aliphatic hydroxyl groups excluding tert-OH is 8. The van der Waals surface area contributed by atoms with Gasteiger partial charge in [-0.05, 0) is 55.7 Å². The first-order valence-corrected chi connectivity index (χ1v) is 26.2. The van der Waals surface area contributed by atoms with Gasteiger partial charge in [-0.1, -0.05) is 85.3 Å². The number of unbranched alkanes of at least 4 members (excludes halogenated alkanes) is 5. The number of amides is 7. The van der Waals surface area contributed by atoms with E-state index < -0.39 is 171 Å². The maximum absolute atomic E-state index is 14.4. The van der Waals surface area contributed by atoms with E-state index in [2.05, 4.69) is 42.0 Å². The largest absolute Gasteiger partial charge is 0.508 e. The fourth-order valence-electron chi connectivity index (χ4n) is 10.1. The van der Waals surface area contributed by atoms with Crippen molar-refractivity contribution in [2.75, 3.05) is 13.1 Å². The van der Waals surface area contributed by atoms with E-state index in [0.29, 0.717) is 29.6 Å². The Balaban J connectivity index is 0.0000152. The highest BCUT2D eigenvalue weighted by Crippen LogP contribution is 2.30. The van der Waals surface area contributed by atoms with Gasteiger partial charge in [0.25, 0.3) is 0 Å². The second-order valence-corrected chi connectivity index (χ2v) is 20.9. The number of carbonyl (C=O) groups is 8. The summed E-state index contributed by atoms with van der Waals surface area (Å²) in [6, 6.07) is -4.73. The summed E-state index contributed by atoms with van der Waals surface area (Å²) in [5.74, 6) is -10.2. The number of ketones is 1. The minimum Gasteiger partial charge on any atom is -0.508 e. The molecule has 3 aliphatic heterocycles. The number of phenolic OH excluding ortho intramolecular Hbond substituents is 1. The van der Waals surface area contributed by atoms with Gasteiger partial charge in [-0.3, -0.25) is 38.4 Å². The molecule has 15 N–H and O–H groups in total. The van der Waals surface area contributed by atoms with Crippen LogP contribution >= 0.6 is 0 Å². The maximum atomic E-state index is 14.4. The molecule has 7 amide bonds. The van der Waals surface area contributed by atoms with Crippen molar-refractivity contribution in [1.29, 1.82) is 0 Å². The zero-order valence-corrected chi connectivity index (χ0v) is 43.3. The van der Waals surface area contributed by atoms with E-state index in [4.69, 9.17) is 5.73 Å². The van der Waals surface area contributed by atoms with Crippen LogP contribution in [0, 0.1) is 17.8 Å². The molecule has 24 heteroatoms. The summed E-state index contributed by atoms with van der Waals surface area (Å²) in [5, 5.41) is 108. The number of carbonyl (C=O) groups excluding carboxylic acids is 8. The minimum absolute atomic E-state index is 0. The molecule has 10 unspecified atom stereocenters. The lowest BCUT2D eigenvalue weighted by molar-refractivity contribution is -0.150. The Morgan fingerprint density at radius 3 is 1.99 bits per heavy atom. The normalized spacial score (nSPS) is 28.7. The van der Waals surface area contributed by atoms with Crippen molar-refractivity contribution in [2.45, 2.75) is 211 Å². The fourth-order valence-corrected chi connectivity index (χ4v) is 10.1. The molecule has 3 fully saturated rings. The van der Waals surface area contributed by atoms with E-state index >= 15 is 0 Å². The number of nitrogens with zero attached hydrogens (tertiary/aromatic N) is 2. The van der Waals surface area contributed by atoms with Crippen molar-refractivity contribution < 1.29 is 84.3 Å². The van der Waals surface area contributed by atoms with Gasteiger partial charge in [0.05, 0.1) is 48.9 Å². The van der Waals surface area contributed by atoms with Gasteiger partial charge in [0, 0.05) is 38.8 Å². The molecular weight excluding hydrogens is 995 g/mol. The Morgan fingerprint density at radius 1 is 0.763 bits per heavy atom. The standard InChI is InChI=1S/C51H81N7O17.CH4/c1-5-26(2)20-27(3)12-10-8-6-7-9-11-13-40(67)53-33-23-38(65)48(72)56-49(73)43-35(62)18-19-57(43)51(75)42(37(64)24-39(52)66)55-46(70)32(45(69)44(68)29-14-16-30(60)17-15-29)22-36(63)34-21-31(61)25-58(34)50(74)41(28(4)59)54-47(33)71;/h14-17,26-28,31-35,37-38,41-45,48,59-62,64-65,68-69,72H,5-13,18-25H2,1-4H3,(H2,52,66)(H,53,67)(H,54,71)(H,55,70)(H,56,73);1H4/t26?,27?,28-,31-,32?,33+,34?,35+,37?,38-,41?,42?,43?,44?,45?,48-;/m1./s1. The van der Waals surface area contributed by atoms with E-state index in [1.165, 1.54) is 18.6 Å². The molecule has 0 radical (unpaired) electrons. The Bertz CT molecular complexity index is 2100. The average Bonchev–Trinajstić information content (AvgIpc) is 3.95. The highest BCUT2D eigenvalue weighted by atomic mass is 16.3. The summed E-state index contributed by atoms with van der Waals surface area (Å²) in [6.45, 7) is 6.84. The maximum Gasteiger partial charge on any atom is 0.248 e. The average molecular weight is 1080 g/mol. The van der Waals surface area contributed by atoms with Crippen molar-refractivity contribution in [3.05, 3.63) is 29.8 Å². The van der Waals surface area contributed by atoms with Crippen molar-refractivity contribution in [1.82, 2.24) is 31.1 Å². The molecule has 16 atom stereocenters. The minimum atomic E-state index is -2.27. The van der Waals surface area contributed by atoms with Gasteiger partial charge in [-0.15, -0.1) is 0 Å². The van der Waals surface area contributed by atoms with Crippen LogP contribution in [0.3, 0.4) is 0 Å². The summed E-state index contributed by atoms with van der Waals surface area (Å²) < 4.78 is 0. The van der Waals surface area contributed by atoms with Gasteiger partial charge in [-0.25, -0.2) is 0 Å². The van der Waals surface area contributed by atoms with Gasteiger partial charge in [0.15, 0.2) is 12.0 Å². The number of rotatable bonds is 20. The molecule has 0 saturated carbocycles. The first-order valence-electron chi connectivity index (χ1n) is 26.2. The van der Waals surface area contributed by atoms with Crippen molar-refractivity contribution in [3.8, 4) is 5.75 Å². The molecular formula is C52H85N7O17. The zero-order valence-electron chi connectivity index (χ0n) is 43.3. The highest BCUT2D eigenvalue weighted by Gasteiger charge is 2.49. The molecule has 0 bridgehead atoms. The predicted molar refractivity (Wildman–Crippen MR) is 273 cm³/mol. The molecule has 1 aromatic carbocycles. The van der Waals surface area contributed by atoms with E-state index in [1.54, 1.807) is 0 Å². The highest BCUT2D eigenvalue weighted by molar-refractivity contribution is 5.98. The molecule has 430 valence electrons. The van der Waals surface area contributed by atoms with Crippen LogP contribution in [0.25, 0.3) is 0 Å².